The number of carboxylic acids is 1. The van der Waals surface area contributed by atoms with Gasteiger partial charge in [0.25, 0.3) is 5.97 Å². The van der Waals surface area contributed by atoms with Gasteiger partial charge in [-0.1, -0.05) is 174 Å². The van der Waals surface area contributed by atoms with Crippen LogP contribution in [0.15, 0.2) is 0 Å². The van der Waals surface area contributed by atoms with E-state index >= 15 is 0 Å². The highest BCUT2D eigenvalue weighted by Crippen LogP contribution is 2.40. The maximum atomic E-state index is 10.5. The summed E-state index contributed by atoms with van der Waals surface area (Å²) in [5, 5.41) is 8.64. The highest BCUT2D eigenvalue weighted by molar-refractivity contribution is 5.66. The van der Waals surface area contributed by atoms with Crippen molar-refractivity contribution in [2.24, 2.45) is 5.41 Å². The Morgan fingerprint density at radius 3 is 0.952 bits per heavy atom. The molecule has 3 fully saturated rings. The van der Waals surface area contributed by atoms with Gasteiger partial charge in [-0.05, 0) is 12.8 Å². The summed E-state index contributed by atoms with van der Waals surface area (Å²) >= 11 is 0. The van der Waals surface area contributed by atoms with E-state index in [-0.39, 0.29) is 5.41 Å². The van der Waals surface area contributed by atoms with Crippen molar-refractivity contribution in [3.63, 3.8) is 0 Å². The van der Waals surface area contributed by atoms with Crippen LogP contribution in [0.2, 0.25) is 0 Å². The van der Waals surface area contributed by atoms with Gasteiger partial charge in [-0.2, -0.15) is 0 Å². The molecule has 3 rings (SSSR count). The van der Waals surface area contributed by atoms with Gasteiger partial charge in [-0.3, -0.25) is 4.79 Å². The third kappa shape index (κ3) is 19.6. The molecule has 2 bridgehead atoms. The van der Waals surface area contributed by atoms with E-state index in [0.717, 1.165) is 45.5 Å². The zero-order valence-electron chi connectivity index (χ0n) is 27.9. The second-order valence-electron chi connectivity index (χ2n) is 14.2. The molecule has 0 unspecified atom stereocenters. The Bertz CT molecular complexity index is 611. The van der Waals surface area contributed by atoms with Gasteiger partial charge in [0.2, 0.25) is 0 Å². The quantitative estimate of drug-likeness (QED) is 0.0809. The summed E-state index contributed by atoms with van der Waals surface area (Å²) in [7, 11) is 0. The van der Waals surface area contributed by atoms with Crippen LogP contribution in [0.4, 0.5) is 0 Å². The van der Waals surface area contributed by atoms with Gasteiger partial charge in [0.15, 0.2) is 0 Å². The molecule has 3 aliphatic rings. The van der Waals surface area contributed by atoms with Gasteiger partial charge in [0.05, 0.1) is 19.8 Å². The fourth-order valence-corrected chi connectivity index (χ4v) is 6.53. The molecule has 0 radical (unpaired) electrons. The van der Waals surface area contributed by atoms with E-state index in [4.69, 9.17) is 19.3 Å². The van der Waals surface area contributed by atoms with Crippen molar-refractivity contribution in [3.8, 4) is 0 Å². The highest BCUT2D eigenvalue weighted by Gasteiger charge is 2.49. The van der Waals surface area contributed by atoms with Crippen molar-refractivity contribution in [2.75, 3.05) is 19.8 Å². The van der Waals surface area contributed by atoms with E-state index in [9.17, 15) is 4.79 Å². The maximum absolute atomic E-state index is 10.5. The minimum Gasteiger partial charge on any atom is -0.481 e. The zero-order chi connectivity index (χ0) is 30.0. The van der Waals surface area contributed by atoms with E-state index in [0.29, 0.717) is 6.42 Å². The smallest absolute Gasteiger partial charge is 0.303 e. The lowest BCUT2D eigenvalue weighted by atomic mass is 9.91. The highest BCUT2D eigenvalue weighted by atomic mass is 16.9. The largest absolute Gasteiger partial charge is 0.481 e. The summed E-state index contributed by atoms with van der Waals surface area (Å²) in [5.41, 5.74) is 0.0685. The van der Waals surface area contributed by atoms with Gasteiger partial charge in [-0.15, -0.1) is 0 Å². The number of ether oxygens (including phenoxy) is 3. The van der Waals surface area contributed by atoms with Crippen LogP contribution in [0.3, 0.4) is 0 Å². The Labute approximate surface area is 260 Å². The minimum atomic E-state index is -0.714. The summed E-state index contributed by atoms with van der Waals surface area (Å²) in [6, 6.07) is 0. The molecule has 3 saturated heterocycles. The SMILES string of the molecule is CC12COC(CCCCCCCCCCCCCCCCCCCCCCCCCCCCCCC(=O)O)(OC1)OC2. The van der Waals surface area contributed by atoms with Crippen LogP contribution in [0.1, 0.15) is 200 Å². The number of hydrogen-bond donors (Lipinski definition) is 1. The van der Waals surface area contributed by atoms with Crippen molar-refractivity contribution in [1.82, 2.24) is 0 Å². The summed E-state index contributed by atoms with van der Waals surface area (Å²) in [6.07, 6.45) is 39.2. The molecule has 3 heterocycles. The van der Waals surface area contributed by atoms with Crippen molar-refractivity contribution >= 4 is 5.97 Å². The van der Waals surface area contributed by atoms with Crippen LogP contribution in [-0.2, 0) is 19.0 Å². The van der Waals surface area contributed by atoms with Crippen LogP contribution < -0.4 is 0 Å². The minimum absolute atomic E-state index is 0.0685. The average Bonchev–Trinajstić information content (AvgIpc) is 2.99. The molecule has 0 amide bonds. The molecule has 1 N–H and O–H groups in total. The van der Waals surface area contributed by atoms with E-state index in [1.807, 2.05) is 0 Å². The van der Waals surface area contributed by atoms with Crippen LogP contribution in [0, 0.1) is 5.41 Å². The van der Waals surface area contributed by atoms with Crippen molar-refractivity contribution in [1.29, 1.82) is 0 Å². The Kier molecular flexibility index (Phi) is 22.0. The van der Waals surface area contributed by atoms with Gasteiger partial charge in [0.1, 0.15) is 0 Å². The molecule has 5 heteroatoms. The first kappa shape index (κ1) is 37.5. The van der Waals surface area contributed by atoms with Crippen LogP contribution in [0.5, 0.6) is 0 Å². The predicted molar refractivity (Wildman–Crippen MR) is 175 cm³/mol. The Hall–Kier alpha value is -0.650. The molecule has 0 atom stereocenters. The second-order valence-corrected chi connectivity index (χ2v) is 14.2. The number of hydrogen-bond acceptors (Lipinski definition) is 4. The fourth-order valence-electron chi connectivity index (χ4n) is 6.53. The summed E-state index contributed by atoms with van der Waals surface area (Å²) < 4.78 is 17.6. The van der Waals surface area contributed by atoms with Gasteiger partial charge in [-0.25, -0.2) is 0 Å². The molecule has 0 spiro atoms. The third-order valence-corrected chi connectivity index (χ3v) is 9.55. The summed E-state index contributed by atoms with van der Waals surface area (Å²) in [6.45, 7) is 4.50. The first-order valence-corrected chi connectivity index (χ1v) is 18.7. The molecule has 0 aromatic heterocycles. The Morgan fingerprint density at radius 2 is 0.690 bits per heavy atom. The standard InChI is InChI=1S/C37H70O5/c1-36-32-40-37(41-33-36,42-34-36)31-29-27-25-23-21-19-17-15-13-11-9-7-5-3-2-4-6-8-10-12-14-16-18-20-22-24-26-28-30-35(38)39/h2-34H2,1H3,(H,38,39). The van der Waals surface area contributed by atoms with Crippen LogP contribution in [0.25, 0.3) is 0 Å². The van der Waals surface area contributed by atoms with Crippen molar-refractivity contribution < 1.29 is 24.1 Å². The molecule has 0 saturated carbocycles. The summed E-state index contributed by atoms with van der Waals surface area (Å²) in [5.74, 6) is -1.37. The first-order chi connectivity index (χ1) is 20.5. The van der Waals surface area contributed by atoms with E-state index in [1.54, 1.807) is 0 Å². The summed E-state index contributed by atoms with van der Waals surface area (Å²) in [4.78, 5) is 10.5. The molecule has 248 valence electrons. The van der Waals surface area contributed by atoms with Crippen LogP contribution >= 0.6 is 0 Å². The number of fused-ring (bicyclic) bond motifs is 3. The van der Waals surface area contributed by atoms with E-state index in [2.05, 4.69) is 6.92 Å². The van der Waals surface area contributed by atoms with Gasteiger partial charge < -0.3 is 19.3 Å². The number of carbonyl (C=O) groups is 1. The molecule has 5 nitrogen and oxygen atoms in total. The Morgan fingerprint density at radius 1 is 0.452 bits per heavy atom. The lowest BCUT2D eigenvalue weighted by molar-refractivity contribution is -0.467. The van der Waals surface area contributed by atoms with E-state index < -0.39 is 11.9 Å². The van der Waals surface area contributed by atoms with E-state index in [1.165, 1.54) is 161 Å². The second kappa shape index (κ2) is 24.6. The third-order valence-electron chi connectivity index (χ3n) is 9.55. The lowest BCUT2D eigenvalue weighted by Gasteiger charge is -2.50. The molecule has 42 heavy (non-hydrogen) atoms. The normalized spacial score (nSPS) is 21.7. The van der Waals surface area contributed by atoms with Crippen molar-refractivity contribution in [3.05, 3.63) is 0 Å². The predicted octanol–water partition coefficient (Wildman–Crippen LogP) is 11.5. The Balaban J connectivity index is 1.16. The van der Waals surface area contributed by atoms with Gasteiger partial charge in [0, 0.05) is 18.3 Å². The monoisotopic (exact) mass is 595 g/mol. The average molecular weight is 595 g/mol. The number of carboxylic acid groups (broad SMARTS) is 1. The molecule has 0 aromatic rings. The van der Waals surface area contributed by atoms with Gasteiger partial charge >= 0.3 is 5.97 Å². The van der Waals surface area contributed by atoms with Crippen molar-refractivity contribution in [2.45, 2.75) is 206 Å². The van der Waals surface area contributed by atoms with Crippen LogP contribution in [-0.4, -0.2) is 36.9 Å². The molecule has 0 aliphatic carbocycles. The topological polar surface area (TPSA) is 65.0 Å². The first-order valence-electron chi connectivity index (χ1n) is 18.7. The number of aliphatic carboxylic acids is 1. The number of unbranched alkanes of at least 4 members (excludes halogenated alkanes) is 27. The molecular weight excluding hydrogens is 524 g/mol. The zero-order valence-corrected chi connectivity index (χ0v) is 27.9. The fraction of sp³-hybridized carbons (Fsp3) is 0.973. The number of rotatable bonds is 31. The molecule has 3 aliphatic heterocycles. The maximum Gasteiger partial charge on any atom is 0.303 e. The molecular formula is C37H70O5. The lowest BCUT2D eigenvalue weighted by Crippen LogP contribution is -2.58. The molecule has 0 aromatic carbocycles.